The molecule has 0 saturated carbocycles. The number of methoxy groups -OCH3 is 1. The highest BCUT2D eigenvalue weighted by Gasteiger charge is 2.31. The third kappa shape index (κ3) is 0.975. The van der Waals surface area contributed by atoms with E-state index in [-0.39, 0.29) is 0 Å². The number of carbonyl (C=O) groups is 2. The van der Waals surface area contributed by atoms with E-state index in [2.05, 4.69) is 14.7 Å². The number of rotatable bonds is 1. The third-order valence-electron chi connectivity index (χ3n) is 1.06. The van der Waals surface area contributed by atoms with Gasteiger partial charge in [0, 0.05) is 0 Å². The highest BCUT2D eigenvalue weighted by molar-refractivity contribution is 6.10. The third-order valence-corrected chi connectivity index (χ3v) is 1.06. The van der Waals surface area contributed by atoms with Crippen molar-refractivity contribution in [3.8, 4) is 0 Å². The van der Waals surface area contributed by atoms with Gasteiger partial charge in [-0.05, 0) is 0 Å². The molecular weight excluding hydrogens is 138 g/mol. The molecule has 0 aromatic heterocycles. The van der Waals surface area contributed by atoms with Gasteiger partial charge in [-0.2, -0.15) is 0 Å². The first kappa shape index (κ1) is 6.73. The van der Waals surface area contributed by atoms with E-state index >= 15 is 0 Å². The van der Waals surface area contributed by atoms with E-state index in [1.165, 1.54) is 7.11 Å². The van der Waals surface area contributed by atoms with Gasteiger partial charge in [0.1, 0.15) is 0 Å². The summed E-state index contributed by atoms with van der Waals surface area (Å²) in [6.45, 7) is 0. The highest BCUT2D eigenvalue weighted by Crippen LogP contribution is 2.05. The number of esters is 1. The number of carbonyl (C=O) groups excluding carboxylic acids is 2. The van der Waals surface area contributed by atoms with Crippen molar-refractivity contribution >= 4 is 18.2 Å². The molecule has 1 aliphatic heterocycles. The Bertz CT molecular complexity index is 198. The summed E-state index contributed by atoms with van der Waals surface area (Å²) in [6.07, 6.45) is 1.11. The summed E-state index contributed by atoms with van der Waals surface area (Å²) in [5.41, 5.74) is 0. The molecule has 1 aliphatic rings. The molecule has 0 saturated heterocycles. The van der Waals surface area contributed by atoms with E-state index in [1.54, 1.807) is 0 Å². The fourth-order valence-corrected chi connectivity index (χ4v) is 0.545. The summed E-state index contributed by atoms with van der Waals surface area (Å²) in [4.78, 5) is 25.3. The van der Waals surface area contributed by atoms with Crippen LogP contribution < -0.4 is 0 Å². The molecule has 0 amide bonds. The van der Waals surface area contributed by atoms with Gasteiger partial charge in [-0.15, -0.1) is 0 Å². The van der Waals surface area contributed by atoms with Crippen molar-refractivity contribution in [3.63, 3.8) is 0 Å². The maximum absolute atomic E-state index is 10.6. The van der Waals surface area contributed by atoms with Gasteiger partial charge in [-0.3, -0.25) is 4.79 Å². The molecule has 1 unspecified atom stereocenters. The lowest BCUT2D eigenvalue weighted by atomic mass is 10.2. The fraction of sp³-hybridized carbons (Fsp3) is 0.400. The maximum atomic E-state index is 10.6. The average Bonchev–Trinajstić information content (AvgIpc) is 2.34. The van der Waals surface area contributed by atoms with Crippen LogP contribution in [-0.4, -0.2) is 25.3 Å². The standard InChI is InChI=1S/C5H5NO4/c1-9-4(7)3-2-6-10-5(3)8/h2-3H,1H3. The zero-order valence-corrected chi connectivity index (χ0v) is 5.23. The summed E-state index contributed by atoms with van der Waals surface area (Å²) in [6, 6.07) is 0. The molecule has 0 aromatic carbocycles. The largest absolute Gasteiger partial charge is 0.468 e. The maximum Gasteiger partial charge on any atom is 0.354 e. The smallest absolute Gasteiger partial charge is 0.354 e. The van der Waals surface area contributed by atoms with Gasteiger partial charge in [0.05, 0.1) is 13.3 Å². The van der Waals surface area contributed by atoms with Gasteiger partial charge >= 0.3 is 11.9 Å². The quantitative estimate of drug-likeness (QED) is 0.277. The van der Waals surface area contributed by atoms with Gasteiger partial charge in [-0.1, -0.05) is 5.16 Å². The Hall–Kier alpha value is -1.39. The number of nitrogens with zero attached hydrogens (tertiary/aromatic N) is 1. The van der Waals surface area contributed by atoms with Crippen molar-refractivity contribution in [2.45, 2.75) is 0 Å². The van der Waals surface area contributed by atoms with Crippen molar-refractivity contribution < 1.29 is 19.2 Å². The normalized spacial score (nSPS) is 22.5. The Kier molecular flexibility index (Phi) is 1.66. The van der Waals surface area contributed by atoms with Gasteiger partial charge in [0.15, 0.2) is 5.92 Å². The Morgan fingerprint density at radius 2 is 2.60 bits per heavy atom. The van der Waals surface area contributed by atoms with E-state index in [4.69, 9.17) is 0 Å². The number of oxime groups is 1. The van der Waals surface area contributed by atoms with Crippen LogP contribution in [0.15, 0.2) is 5.16 Å². The van der Waals surface area contributed by atoms with Gasteiger partial charge < -0.3 is 9.57 Å². The van der Waals surface area contributed by atoms with E-state index < -0.39 is 17.9 Å². The second-order valence-corrected chi connectivity index (χ2v) is 1.67. The SMILES string of the molecule is COC(=O)C1C=NOC1=O. The lowest BCUT2D eigenvalue weighted by Gasteiger charge is -1.97. The first-order chi connectivity index (χ1) is 4.75. The van der Waals surface area contributed by atoms with Gasteiger partial charge in [0.25, 0.3) is 0 Å². The molecule has 0 spiro atoms. The Labute approximate surface area is 56.6 Å². The summed E-state index contributed by atoms with van der Waals surface area (Å²) in [7, 11) is 1.20. The van der Waals surface area contributed by atoms with Crippen LogP contribution in [0.25, 0.3) is 0 Å². The minimum Gasteiger partial charge on any atom is -0.468 e. The predicted molar refractivity (Wildman–Crippen MR) is 30.1 cm³/mol. The van der Waals surface area contributed by atoms with Crippen molar-refractivity contribution in [1.29, 1.82) is 0 Å². The molecule has 0 radical (unpaired) electrons. The van der Waals surface area contributed by atoms with Crippen LogP contribution in [0.3, 0.4) is 0 Å². The second-order valence-electron chi connectivity index (χ2n) is 1.67. The molecule has 0 aliphatic carbocycles. The van der Waals surface area contributed by atoms with Crippen LogP contribution in [0.1, 0.15) is 0 Å². The Morgan fingerprint density at radius 3 is 3.00 bits per heavy atom. The fourth-order valence-electron chi connectivity index (χ4n) is 0.545. The van der Waals surface area contributed by atoms with Gasteiger partial charge in [-0.25, -0.2) is 4.79 Å². The molecule has 0 fully saturated rings. The minimum absolute atomic E-state index is 0.647. The zero-order valence-electron chi connectivity index (χ0n) is 5.23. The first-order valence-corrected chi connectivity index (χ1v) is 2.58. The van der Waals surface area contributed by atoms with E-state index in [9.17, 15) is 9.59 Å². The molecule has 1 rings (SSSR count). The van der Waals surface area contributed by atoms with Crippen LogP contribution in [-0.2, 0) is 19.2 Å². The molecule has 10 heavy (non-hydrogen) atoms. The van der Waals surface area contributed by atoms with Crippen molar-refractivity contribution in [1.82, 2.24) is 0 Å². The van der Waals surface area contributed by atoms with Crippen LogP contribution >= 0.6 is 0 Å². The number of ether oxygens (including phenoxy) is 1. The van der Waals surface area contributed by atoms with Gasteiger partial charge in [0.2, 0.25) is 0 Å². The molecule has 0 bridgehead atoms. The monoisotopic (exact) mass is 143 g/mol. The van der Waals surface area contributed by atoms with Crippen molar-refractivity contribution in [3.05, 3.63) is 0 Å². The predicted octanol–water partition coefficient (Wildman–Crippen LogP) is -0.682. The summed E-state index contributed by atoms with van der Waals surface area (Å²) >= 11 is 0. The Morgan fingerprint density at radius 1 is 1.90 bits per heavy atom. The molecule has 0 N–H and O–H groups in total. The molecule has 1 heterocycles. The lowest BCUT2D eigenvalue weighted by Crippen LogP contribution is -2.22. The Balaban J connectivity index is 2.64. The lowest BCUT2D eigenvalue weighted by molar-refractivity contribution is -0.154. The topological polar surface area (TPSA) is 65.0 Å². The molecule has 54 valence electrons. The van der Waals surface area contributed by atoms with E-state index in [0.29, 0.717) is 0 Å². The van der Waals surface area contributed by atoms with Crippen molar-refractivity contribution in [2.24, 2.45) is 11.1 Å². The van der Waals surface area contributed by atoms with Crippen LogP contribution in [0.4, 0.5) is 0 Å². The molecule has 0 aromatic rings. The summed E-state index contributed by atoms with van der Waals surface area (Å²) < 4.78 is 4.27. The van der Waals surface area contributed by atoms with Crippen molar-refractivity contribution in [2.75, 3.05) is 7.11 Å². The molecular formula is C5H5NO4. The molecule has 5 heteroatoms. The van der Waals surface area contributed by atoms with Crippen LogP contribution in [0.5, 0.6) is 0 Å². The first-order valence-electron chi connectivity index (χ1n) is 2.58. The van der Waals surface area contributed by atoms with E-state index in [0.717, 1.165) is 6.21 Å². The molecule has 1 atom stereocenters. The second kappa shape index (κ2) is 2.47. The van der Waals surface area contributed by atoms with E-state index in [1.807, 2.05) is 0 Å². The minimum atomic E-state index is -0.968. The van der Waals surface area contributed by atoms with Crippen LogP contribution in [0.2, 0.25) is 0 Å². The number of hydrogen-bond donors (Lipinski definition) is 0. The average molecular weight is 143 g/mol. The highest BCUT2D eigenvalue weighted by atomic mass is 16.7. The number of hydrogen-bond acceptors (Lipinski definition) is 5. The van der Waals surface area contributed by atoms with Crippen LogP contribution in [0, 0.1) is 5.92 Å². The zero-order chi connectivity index (χ0) is 7.56. The summed E-state index contributed by atoms with van der Waals surface area (Å²) in [5.74, 6) is -2.30. The summed E-state index contributed by atoms with van der Waals surface area (Å²) in [5, 5.41) is 3.14. The molecule has 5 nitrogen and oxygen atoms in total.